The van der Waals surface area contributed by atoms with E-state index >= 15 is 0 Å². The molecular weight excluding hydrogens is 506 g/mol. The first-order valence-electron chi connectivity index (χ1n) is 12.8. The van der Waals surface area contributed by atoms with Crippen molar-refractivity contribution in [2.75, 3.05) is 31.6 Å². The fourth-order valence-corrected chi connectivity index (χ4v) is 5.66. The number of nitrogens with zero attached hydrogens (tertiary/aromatic N) is 2. The lowest BCUT2D eigenvalue weighted by Crippen LogP contribution is -2.48. The van der Waals surface area contributed by atoms with E-state index in [-0.39, 0.29) is 24.5 Å². The standard InChI is InChI=1S/C29H34ClN3O3S/c1-4-14-32(29(35)31-23-7-5-6-22(30)17-23)18-28(34)33-15-12-27-25(13-16-37-27)26(33)19-36-24-10-8-21(9-11-24)20(2)3/h5-11,13,16-17,20,26H,4,12,14-15,18-19H2,1-3H3,(H,31,35)/t26-/m1/s1. The van der Waals surface area contributed by atoms with Gasteiger partial charge in [-0.15, -0.1) is 11.3 Å². The van der Waals surface area contributed by atoms with E-state index in [1.165, 1.54) is 10.4 Å². The number of halogens is 1. The van der Waals surface area contributed by atoms with Gasteiger partial charge in [0.05, 0.1) is 6.04 Å². The molecular formula is C29H34ClN3O3S. The molecule has 8 heteroatoms. The molecule has 1 aliphatic rings. The van der Waals surface area contributed by atoms with Crippen molar-refractivity contribution in [1.29, 1.82) is 0 Å². The number of anilines is 1. The van der Waals surface area contributed by atoms with E-state index < -0.39 is 0 Å². The predicted octanol–water partition coefficient (Wildman–Crippen LogP) is 6.97. The van der Waals surface area contributed by atoms with E-state index in [9.17, 15) is 9.59 Å². The molecule has 1 N–H and O–H groups in total. The average Bonchev–Trinajstić information content (AvgIpc) is 3.36. The summed E-state index contributed by atoms with van der Waals surface area (Å²) in [4.78, 5) is 31.4. The number of nitrogens with one attached hydrogen (secondary N) is 1. The number of hydrogen-bond acceptors (Lipinski definition) is 4. The highest BCUT2D eigenvalue weighted by Crippen LogP contribution is 2.34. The van der Waals surface area contributed by atoms with E-state index in [2.05, 4.69) is 42.7 Å². The van der Waals surface area contributed by atoms with Gasteiger partial charge in [0.2, 0.25) is 5.91 Å². The van der Waals surface area contributed by atoms with Crippen LogP contribution >= 0.6 is 22.9 Å². The van der Waals surface area contributed by atoms with Gasteiger partial charge in [0.1, 0.15) is 18.9 Å². The van der Waals surface area contributed by atoms with Gasteiger partial charge in [-0.1, -0.05) is 50.6 Å². The van der Waals surface area contributed by atoms with E-state index in [0.29, 0.717) is 36.3 Å². The van der Waals surface area contributed by atoms with Crippen molar-refractivity contribution < 1.29 is 14.3 Å². The van der Waals surface area contributed by atoms with Gasteiger partial charge in [-0.05, 0) is 71.7 Å². The molecule has 0 aliphatic carbocycles. The Morgan fingerprint density at radius 1 is 1.19 bits per heavy atom. The van der Waals surface area contributed by atoms with Crippen LogP contribution in [0.25, 0.3) is 0 Å². The Morgan fingerprint density at radius 2 is 1.97 bits per heavy atom. The van der Waals surface area contributed by atoms with Crippen LogP contribution in [-0.4, -0.2) is 48.0 Å². The van der Waals surface area contributed by atoms with Crippen LogP contribution in [0.15, 0.2) is 60.0 Å². The van der Waals surface area contributed by atoms with Crippen LogP contribution in [0.3, 0.4) is 0 Å². The number of ether oxygens (including phenoxy) is 1. The van der Waals surface area contributed by atoms with Crippen molar-refractivity contribution in [2.24, 2.45) is 0 Å². The minimum Gasteiger partial charge on any atom is -0.491 e. The molecule has 3 amide bonds. The zero-order valence-corrected chi connectivity index (χ0v) is 23.1. The van der Waals surface area contributed by atoms with Crippen molar-refractivity contribution in [2.45, 2.75) is 45.6 Å². The second kappa shape index (κ2) is 12.5. The zero-order chi connectivity index (χ0) is 26.4. The van der Waals surface area contributed by atoms with Crippen LogP contribution in [0.2, 0.25) is 5.02 Å². The monoisotopic (exact) mass is 539 g/mol. The molecule has 1 atom stereocenters. The number of urea groups is 1. The van der Waals surface area contributed by atoms with Crippen LogP contribution in [0, 0.1) is 0 Å². The molecule has 0 saturated carbocycles. The minimum atomic E-state index is -0.316. The number of thiophene rings is 1. The van der Waals surface area contributed by atoms with Gasteiger partial charge in [0, 0.05) is 28.7 Å². The highest BCUT2D eigenvalue weighted by atomic mass is 35.5. The Kier molecular flexibility index (Phi) is 9.11. The maximum atomic E-state index is 13.6. The van der Waals surface area contributed by atoms with Gasteiger partial charge in [0.25, 0.3) is 0 Å². The third-order valence-corrected chi connectivity index (χ3v) is 7.78. The number of amides is 3. The van der Waals surface area contributed by atoms with Crippen LogP contribution in [-0.2, 0) is 11.2 Å². The third kappa shape index (κ3) is 6.84. The molecule has 0 fully saturated rings. The highest BCUT2D eigenvalue weighted by Gasteiger charge is 2.33. The van der Waals surface area contributed by atoms with Gasteiger partial charge in [-0.3, -0.25) is 4.79 Å². The quantitative estimate of drug-likeness (QED) is 0.319. The maximum Gasteiger partial charge on any atom is 0.322 e. The Bertz CT molecular complexity index is 1210. The smallest absolute Gasteiger partial charge is 0.322 e. The Morgan fingerprint density at radius 3 is 2.68 bits per heavy atom. The molecule has 6 nitrogen and oxygen atoms in total. The summed E-state index contributed by atoms with van der Waals surface area (Å²) in [6.07, 6.45) is 1.55. The Labute approximate surface area is 228 Å². The molecule has 0 unspecified atom stereocenters. The predicted molar refractivity (Wildman–Crippen MR) is 151 cm³/mol. The summed E-state index contributed by atoms with van der Waals surface area (Å²) < 4.78 is 6.18. The highest BCUT2D eigenvalue weighted by molar-refractivity contribution is 7.10. The number of rotatable bonds is 9. The van der Waals surface area contributed by atoms with Gasteiger partial charge in [-0.2, -0.15) is 0 Å². The fraction of sp³-hybridized carbons (Fsp3) is 0.379. The lowest BCUT2D eigenvalue weighted by Gasteiger charge is -2.37. The number of fused-ring (bicyclic) bond motifs is 1. The fourth-order valence-electron chi connectivity index (χ4n) is 4.54. The van der Waals surface area contributed by atoms with Crippen molar-refractivity contribution in [3.63, 3.8) is 0 Å². The molecule has 2 aromatic carbocycles. The van der Waals surface area contributed by atoms with Gasteiger partial charge in [0.15, 0.2) is 0 Å². The van der Waals surface area contributed by atoms with Crippen molar-refractivity contribution in [3.8, 4) is 5.75 Å². The number of carbonyl (C=O) groups is 2. The first kappa shape index (κ1) is 27.0. The largest absolute Gasteiger partial charge is 0.491 e. The summed E-state index contributed by atoms with van der Waals surface area (Å²) in [5, 5.41) is 5.48. The molecule has 2 heterocycles. The Balaban J connectivity index is 1.46. The molecule has 4 rings (SSSR count). The second-order valence-corrected chi connectivity index (χ2v) is 11.0. The molecule has 0 spiro atoms. The number of hydrogen-bond donors (Lipinski definition) is 1. The first-order valence-corrected chi connectivity index (χ1v) is 14.0. The summed E-state index contributed by atoms with van der Waals surface area (Å²) in [5.41, 5.74) is 2.99. The Hall–Kier alpha value is -3.03. The van der Waals surface area contributed by atoms with Gasteiger partial charge in [-0.25, -0.2) is 4.79 Å². The molecule has 1 aliphatic heterocycles. The molecule has 1 aromatic heterocycles. The molecule has 37 heavy (non-hydrogen) atoms. The van der Waals surface area contributed by atoms with Crippen molar-refractivity contribution >= 4 is 40.6 Å². The first-order chi connectivity index (χ1) is 17.9. The van der Waals surface area contributed by atoms with Crippen LogP contribution < -0.4 is 10.1 Å². The van der Waals surface area contributed by atoms with E-state index in [1.807, 2.05) is 24.0 Å². The van der Waals surface area contributed by atoms with E-state index in [4.69, 9.17) is 16.3 Å². The van der Waals surface area contributed by atoms with E-state index in [0.717, 1.165) is 24.2 Å². The third-order valence-electron chi connectivity index (χ3n) is 6.55. The van der Waals surface area contributed by atoms with Crippen LogP contribution in [0.5, 0.6) is 5.75 Å². The van der Waals surface area contributed by atoms with Crippen LogP contribution in [0.1, 0.15) is 55.2 Å². The molecule has 0 radical (unpaired) electrons. The summed E-state index contributed by atoms with van der Waals surface area (Å²) >= 11 is 7.78. The summed E-state index contributed by atoms with van der Waals surface area (Å²) in [6, 6.07) is 16.7. The number of benzene rings is 2. The van der Waals surface area contributed by atoms with Crippen molar-refractivity contribution in [3.05, 3.63) is 81.0 Å². The molecule has 0 bridgehead atoms. The second-order valence-electron chi connectivity index (χ2n) is 9.55. The summed E-state index contributed by atoms with van der Waals surface area (Å²) in [6.45, 7) is 7.75. The maximum absolute atomic E-state index is 13.6. The minimum absolute atomic E-state index is 0.000699. The molecule has 3 aromatic rings. The molecule has 196 valence electrons. The average molecular weight is 540 g/mol. The summed E-state index contributed by atoms with van der Waals surface area (Å²) in [7, 11) is 0. The SMILES string of the molecule is CCCN(CC(=O)N1CCc2sccc2[C@H]1COc1ccc(C(C)C)cc1)C(=O)Nc1cccc(Cl)c1. The van der Waals surface area contributed by atoms with Gasteiger partial charge < -0.3 is 19.9 Å². The molecule has 0 saturated heterocycles. The zero-order valence-electron chi connectivity index (χ0n) is 21.6. The lowest BCUT2D eigenvalue weighted by molar-refractivity contribution is -0.135. The van der Waals surface area contributed by atoms with Crippen LogP contribution in [0.4, 0.5) is 10.5 Å². The lowest BCUT2D eigenvalue weighted by atomic mass is 10.00. The topological polar surface area (TPSA) is 61.9 Å². The van der Waals surface area contributed by atoms with Gasteiger partial charge >= 0.3 is 6.03 Å². The van der Waals surface area contributed by atoms with Crippen molar-refractivity contribution in [1.82, 2.24) is 9.80 Å². The normalized spacial score (nSPS) is 14.8. The van der Waals surface area contributed by atoms with E-state index in [1.54, 1.807) is 40.5 Å². The number of carbonyl (C=O) groups excluding carboxylic acids is 2. The summed E-state index contributed by atoms with van der Waals surface area (Å²) in [5.74, 6) is 1.15.